The first kappa shape index (κ1) is 14.8. The molecule has 0 atom stereocenters. The van der Waals surface area contributed by atoms with Gasteiger partial charge in [0.05, 0.1) is 17.9 Å². The number of amides is 1. The Kier molecular flexibility index (Phi) is 4.10. The first-order valence-corrected chi connectivity index (χ1v) is 7.34. The molecule has 0 saturated heterocycles. The second-order valence-electron chi connectivity index (χ2n) is 4.99. The summed E-state index contributed by atoms with van der Waals surface area (Å²) in [5, 5.41) is 3.71. The van der Waals surface area contributed by atoms with Crippen molar-refractivity contribution in [3.8, 4) is 0 Å². The number of aromatic amines is 1. The molecule has 1 heterocycles. The van der Waals surface area contributed by atoms with Gasteiger partial charge in [0.25, 0.3) is 5.91 Å². The minimum Gasteiger partial charge on any atom is -0.462 e. The van der Waals surface area contributed by atoms with Crippen LogP contribution in [0.3, 0.4) is 0 Å². The number of carbonyl (C=O) groups is 2. The van der Waals surface area contributed by atoms with Crippen LogP contribution in [0, 0.1) is 0 Å². The number of para-hydroxylation sites is 2. The van der Waals surface area contributed by atoms with Crippen LogP contribution in [0.4, 0.5) is 5.69 Å². The number of carbonyl (C=O) groups excluding carboxylic acids is 2. The van der Waals surface area contributed by atoms with Gasteiger partial charge in [-0.2, -0.15) is 0 Å². The predicted octanol–water partition coefficient (Wildman–Crippen LogP) is 3.60. The van der Waals surface area contributed by atoms with Crippen molar-refractivity contribution in [2.75, 3.05) is 11.9 Å². The Labute approximate surface area is 133 Å². The summed E-state index contributed by atoms with van der Waals surface area (Å²) in [6.07, 6.45) is 0. The van der Waals surface area contributed by atoms with E-state index < -0.39 is 5.97 Å². The standard InChI is InChI=1S/C18H16N2O3/c1-2-23-18(22)13-8-4-6-10-15(13)20-17(21)16-11-12-7-3-5-9-14(12)19-16/h3-11,19H,2H2,1H3,(H,20,21). The quantitative estimate of drug-likeness (QED) is 0.723. The zero-order valence-electron chi connectivity index (χ0n) is 12.6. The Bertz CT molecular complexity index is 834. The van der Waals surface area contributed by atoms with Crippen LogP contribution < -0.4 is 5.32 Å². The van der Waals surface area contributed by atoms with E-state index in [1.807, 2.05) is 24.3 Å². The molecule has 2 aromatic carbocycles. The highest BCUT2D eigenvalue weighted by Gasteiger charge is 2.15. The van der Waals surface area contributed by atoms with E-state index in [4.69, 9.17) is 4.74 Å². The highest BCUT2D eigenvalue weighted by atomic mass is 16.5. The van der Waals surface area contributed by atoms with Crippen molar-refractivity contribution in [1.29, 1.82) is 0 Å². The molecular weight excluding hydrogens is 292 g/mol. The molecule has 0 radical (unpaired) electrons. The van der Waals surface area contributed by atoms with Gasteiger partial charge in [0.1, 0.15) is 5.69 Å². The first-order chi connectivity index (χ1) is 11.2. The Morgan fingerprint density at radius 3 is 2.61 bits per heavy atom. The summed E-state index contributed by atoms with van der Waals surface area (Å²) in [7, 11) is 0. The fourth-order valence-corrected chi connectivity index (χ4v) is 2.36. The first-order valence-electron chi connectivity index (χ1n) is 7.34. The molecule has 5 nitrogen and oxygen atoms in total. The molecule has 116 valence electrons. The maximum absolute atomic E-state index is 12.4. The van der Waals surface area contributed by atoms with Crippen molar-refractivity contribution in [2.45, 2.75) is 6.92 Å². The monoisotopic (exact) mass is 308 g/mol. The average molecular weight is 308 g/mol. The van der Waals surface area contributed by atoms with Gasteiger partial charge in [-0.25, -0.2) is 4.79 Å². The Morgan fingerprint density at radius 1 is 1.09 bits per heavy atom. The van der Waals surface area contributed by atoms with Gasteiger partial charge in [-0.05, 0) is 31.2 Å². The van der Waals surface area contributed by atoms with E-state index in [0.29, 0.717) is 16.9 Å². The van der Waals surface area contributed by atoms with E-state index in [1.165, 1.54) is 0 Å². The molecule has 0 saturated carbocycles. The van der Waals surface area contributed by atoms with Gasteiger partial charge >= 0.3 is 5.97 Å². The van der Waals surface area contributed by atoms with Crippen molar-refractivity contribution in [3.63, 3.8) is 0 Å². The number of anilines is 1. The predicted molar refractivity (Wildman–Crippen MR) is 88.7 cm³/mol. The number of benzene rings is 2. The maximum Gasteiger partial charge on any atom is 0.340 e. The number of esters is 1. The molecule has 23 heavy (non-hydrogen) atoms. The summed E-state index contributed by atoms with van der Waals surface area (Å²) >= 11 is 0. The van der Waals surface area contributed by atoms with E-state index in [9.17, 15) is 9.59 Å². The third-order valence-corrected chi connectivity index (χ3v) is 3.45. The van der Waals surface area contributed by atoms with Crippen LogP contribution in [-0.4, -0.2) is 23.5 Å². The van der Waals surface area contributed by atoms with E-state index in [-0.39, 0.29) is 12.5 Å². The average Bonchev–Trinajstić information content (AvgIpc) is 3.00. The highest BCUT2D eigenvalue weighted by Crippen LogP contribution is 2.19. The molecule has 3 aromatic rings. The van der Waals surface area contributed by atoms with Gasteiger partial charge in [-0.15, -0.1) is 0 Å². The lowest BCUT2D eigenvalue weighted by atomic mass is 10.1. The van der Waals surface area contributed by atoms with Gasteiger partial charge in [0.15, 0.2) is 0 Å². The zero-order chi connectivity index (χ0) is 16.2. The Morgan fingerprint density at radius 2 is 1.83 bits per heavy atom. The lowest BCUT2D eigenvalue weighted by Gasteiger charge is -2.09. The molecule has 0 aliphatic heterocycles. The summed E-state index contributed by atoms with van der Waals surface area (Å²) in [5.41, 5.74) is 2.08. The lowest BCUT2D eigenvalue weighted by molar-refractivity contribution is 0.0527. The molecule has 3 rings (SSSR count). The minimum atomic E-state index is -0.458. The minimum absolute atomic E-state index is 0.281. The fourth-order valence-electron chi connectivity index (χ4n) is 2.36. The largest absolute Gasteiger partial charge is 0.462 e. The number of fused-ring (bicyclic) bond motifs is 1. The Hall–Kier alpha value is -3.08. The third-order valence-electron chi connectivity index (χ3n) is 3.45. The van der Waals surface area contributed by atoms with E-state index >= 15 is 0 Å². The van der Waals surface area contributed by atoms with Crippen LogP contribution in [0.1, 0.15) is 27.8 Å². The second-order valence-corrected chi connectivity index (χ2v) is 4.99. The van der Waals surface area contributed by atoms with Crippen LogP contribution in [0.5, 0.6) is 0 Å². The van der Waals surface area contributed by atoms with Gasteiger partial charge in [0, 0.05) is 10.9 Å². The van der Waals surface area contributed by atoms with Crippen LogP contribution in [0.2, 0.25) is 0 Å². The third kappa shape index (κ3) is 3.08. The summed E-state index contributed by atoms with van der Waals surface area (Å²) in [4.78, 5) is 27.4. The van der Waals surface area contributed by atoms with Gasteiger partial charge in [0.2, 0.25) is 0 Å². The van der Waals surface area contributed by atoms with E-state index in [1.54, 1.807) is 37.3 Å². The molecule has 1 amide bonds. The maximum atomic E-state index is 12.4. The number of H-pyrrole nitrogens is 1. The summed E-state index contributed by atoms with van der Waals surface area (Å²) in [6.45, 7) is 2.02. The number of ether oxygens (including phenoxy) is 1. The van der Waals surface area contributed by atoms with Crippen molar-refractivity contribution >= 4 is 28.5 Å². The Balaban J connectivity index is 1.86. The summed E-state index contributed by atoms with van der Waals surface area (Å²) in [6, 6.07) is 16.2. The lowest BCUT2D eigenvalue weighted by Crippen LogP contribution is -2.16. The molecule has 0 aliphatic rings. The molecule has 1 aromatic heterocycles. The molecule has 0 fully saturated rings. The molecular formula is C18H16N2O3. The smallest absolute Gasteiger partial charge is 0.340 e. The topological polar surface area (TPSA) is 71.2 Å². The molecule has 5 heteroatoms. The molecule has 0 unspecified atom stereocenters. The van der Waals surface area contributed by atoms with Crippen molar-refractivity contribution in [2.24, 2.45) is 0 Å². The van der Waals surface area contributed by atoms with Crippen molar-refractivity contribution in [3.05, 3.63) is 65.9 Å². The second kappa shape index (κ2) is 6.36. The zero-order valence-corrected chi connectivity index (χ0v) is 12.6. The highest BCUT2D eigenvalue weighted by molar-refractivity contribution is 6.09. The molecule has 0 spiro atoms. The van der Waals surface area contributed by atoms with Crippen LogP contribution in [-0.2, 0) is 4.74 Å². The van der Waals surface area contributed by atoms with E-state index in [0.717, 1.165) is 10.9 Å². The van der Waals surface area contributed by atoms with Crippen molar-refractivity contribution < 1.29 is 14.3 Å². The number of nitrogens with one attached hydrogen (secondary N) is 2. The van der Waals surface area contributed by atoms with Gasteiger partial charge < -0.3 is 15.0 Å². The van der Waals surface area contributed by atoms with Crippen LogP contribution in [0.15, 0.2) is 54.6 Å². The van der Waals surface area contributed by atoms with Gasteiger partial charge in [-0.3, -0.25) is 4.79 Å². The number of aromatic nitrogens is 1. The number of hydrogen-bond donors (Lipinski definition) is 2. The van der Waals surface area contributed by atoms with Crippen molar-refractivity contribution in [1.82, 2.24) is 4.98 Å². The SMILES string of the molecule is CCOC(=O)c1ccccc1NC(=O)c1cc2ccccc2[nH]1. The van der Waals surface area contributed by atoms with Gasteiger partial charge in [-0.1, -0.05) is 30.3 Å². The molecule has 0 bridgehead atoms. The molecule has 2 N–H and O–H groups in total. The number of rotatable bonds is 4. The number of hydrogen-bond acceptors (Lipinski definition) is 3. The normalized spacial score (nSPS) is 10.5. The summed E-state index contributed by atoms with van der Waals surface area (Å²) in [5.74, 6) is -0.766. The molecule has 0 aliphatic carbocycles. The van der Waals surface area contributed by atoms with E-state index in [2.05, 4.69) is 10.3 Å². The fraction of sp³-hybridized carbons (Fsp3) is 0.111. The van der Waals surface area contributed by atoms with Crippen LogP contribution in [0.25, 0.3) is 10.9 Å². The van der Waals surface area contributed by atoms with Crippen LogP contribution >= 0.6 is 0 Å². The summed E-state index contributed by atoms with van der Waals surface area (Å²) < 4.78 is 5.01.